The molecule has 9 nitrogen and oxygen atoms in total. The number of halogens is 2. The van der Waals surface area contributed by atoms with E-state index in [9.17, 15) is 14.7 Å². The SMILES string of the molecule is CC(=O)N1CCN(c2nc(NCCC(=O)N(C)C)nc3c(F)c(C4C=C(O)Cc5ccccc54)c(Cl)cc23)CC1. The van der Waals surface area contributed by atoms with Crippen LogP contribution < -0.4 is 10.2 Å². The molecule has 1 atom stereocenters. The van der Waals surface area contributed by atoms with Crippen LogP contribution in [0.25, 0.3) is 10.9 Å². The number of aliphatic hydroxyl groups is 1. The van der Waals surface area contributed by atoms with E-state index < -0.39 is 11.7 Å². The summed E-state index contributed by atoms with van der Waals surface area (Å²) in [6.45, 7) is 3.86. The highest BCUT2D eigenvalue weighted by Crippen LogP contribution is 2.42. The molecule has 0 radical (unpaired) electrons. The number of hydrogen-bond acceptors (Lipinski definition) is 7. The number of allylic oxidation sites excluding steroid dienone is 2. The average Bonchev–Trinajstić information content (AvgIpc) is 2.93. The Balaban J connectivity index is 1.60. The Morgan fingerprint density at radius 1 is 1.18 bits per heavy atom. The molecule has 1 saturated heterocycles. The van der Waals surface area contributed by atoms with Gasteiger partial charge in [0.15, 0.2) is 5.82 Å². The number of rotatable bonds is 6. The monoisotopic (exact) mass is 566 g/mol. The van der Waals surface area contributed by atoms with E-state index in [1.165, 1.54) is 4.90 Å². The van der Waals surface area contributed by atoms with Crippen molar-refractivity contribution in [1.29, 1.82) is 0 Å². The van der Waals surface area contributed by atoms with Gasteiger partial charge in [-0.25, -0.2) is 9.37 Å². The lowest BCUT2D eigenvalue weighted by Gasteiger charge is -2.35. The Morgan fingerprint density at radius 2 is 1.90 bits per heavy atom. The maximum Gasteiger partial charge on any atom is 0.225 e. The van der Waals surface area contributed by atoms with Gasteiger partial charge in [0.05, 0.1) is 5.76 Å². The van der Waals surface area contributed by atoms with Crippen LogP contribution in [0.5, 0.6) is 0 Å². The van der Waals surface area contributed by atoms with Crippen molar-refractivity contribution in [3.05, 3.63) is 69.7 Å². The van der Waals surface area contributed by atoms with E-state index in [1.807, 2.05) is 29.2 Å². The van der Waals surface area contributed by atoms with Crippen molar-refractivity contribution in [2.75, 3.05) is 57.0 Å². The van der Waals surface area contributed by atoms with Crippen LogP contribution in [-0.4, -0.2) is 83.5 Å². The van der Waals surface area contributed by atoms with Crippen molar-refractivity contribution >= 4 is 46.1 Å². The number of fused-ring (bicyclic) bond motifs is 2. The largest absolute Gasteiger partial charge is 0.512 e. The minimum atomic E-state index is -0.591. The zero-order chi connectivity index (χ0) is 28.6. The van der Waals surface area contributed by atoms with E-state index in [0.29, 0.717) is 43.8 Å². The molecule has 1 aliphatic heterocycles. The number of carbonyl (C=O) groups excluding carboxylic acids is 2. The molecule has 40 heavy (non-hydrogen) atoms. The third kappa shape index (κ3) is 5.40. The Bertz CT molecular complexity index is 1500. The summed E-state index contributed by atoms with van der Waals surface area (Å²) in [7, 11) is 3.37. The smallest absolute Gasteiger partial charge is 0.225 e. The lowest BCUT2D eigenvalue weighted by atomic mass is 9.82. The zero-order valence-corrected chi connectivity index (χ0v) is 23.5. The number of anilines is 2. The number of hydrogen-bond donors (Lipinski definition) is 2. The minimum Gasteiger partial charge on any atom is -0.512 e. The van der Waals surface area contributed by atoms with Gasteiger partial charge < -0.3 is 25.1 Å². The number of piperazine rings is 1. The van der Waals surface area contributed by atoms with Gasteiger partial charge in [-0.2, -0.15) is 4.98 Å². The second-order valence-electron chi connectivity index (χ2n) is 10.3. The van der Waals surface area contributed by atoms with Gasteiger partial charge in [0.25, 0.3) is 0 Å². The van der Waals surface area contributed by atoms with Gasteiger partial charge in [0, 0.05) is 88.5 Å². The summed E-state index contributed by atoms with van der Waals surface area (Å²) in [6, 6.07) is 9.28. The first-order valence-corrected chi connectivity index (χ1v) is 13.6. The molecule has 2 amide bonds. The molecule has 210 valence electrons. The molecular formula is C29H32ClFN6O3. The fourth-order valence-electron chi connectivity index (χ4n) is 5.31. The first-order valence-electron chi connectivity index (χ1n) is 13.3. The highest BCUT2D eigenvalue weighted by atomic mass is 35.5. The normalized spacial score (nSPS) is 16.9. The van der Waals surface area contributed by atoms with Crippen LogP contribution >= 0.6 is 11.6 Å². The fourth-order valence-corrected chi connectivity index (χ4v) is 5.62. The lowest BCUT2D eigenvalue weighted by molar-refractivity contribution is -0.129. The molecule has 11 heteroatoms. The molecule has 0 saturated carbocycles. The first-order chi connectivity index (χ1) is 19.1. The molecule has 2 aliphatic rings. The molecule has 0 spiro atoms. The van der Waals surface area contributed by atoms with Crippen molar-refractivity contribution in [3.63, 3.8) is 0 Å². The zero-order valence-electron chi connectivity index (χ0n) is 22.7. The minimum absolute atomic E-state index is 0.00270. The summed E-state index contributed by atoms with van der Waals surface area (Å²) in [5, 5.41) is 14.2. The standard InChI is InChI=1S/C29H32ClFN6O3/c1-17(38)36-10-12-37(13-11-36)28-22-16-23(30)25(21-15-19(39)14-18-6-4-5-7-20(18)21)26(31)27(22)33-29(34-28)32-9-8-24(40)35(2)3/h4-7,15-16,21,39H,8-14H2,1-3H3,(H,32,33,34). The van der Waals surface area contributed by atoms with Gasteiger partial charge in [-0.3, -0.25) is 9.59 Å². The van der Waals surface area contributed by atoms with Gasteiger partial charge in [0.2, 0.25) is 17.8 Å². The topological polar surface area (TPSA) is 102 Å². The molecule has 1 aliphatic carbocycles. The molecule has 5 rings (SSSR count). The maximum absolute atomic E-state index is 16.5. The number of aliphatic hydroxyl groups excluding tert-OH is 1. The van der Waals surface area contributed by atoms with Gasteiger partial charge in [-0.15, -0.1) is 0 Å². The molecule has 2 N–H and O–H groups in total. The Hall–Kier alpha value is -3.92. The summed E-state index contributed by atoms with van der Waals surface area (Å²) in [5.74, 6) is -0.388. The number of benzene rings is 2. The van der Waals surface area contributed by atoms with E-state index in [4.69, 9.17) is 16.6 Å². The van der Waals surface area contributed by atoms with Gasteiger partial charge >= 0.3 is 0 Å². The molecule has 1 aromatic heterocycles. The summed E-state index contributed by atoms with van der Waals surface area (Å²) < 4.78 is 16.5. The quantitative estimate of drug-likeness (QED) is 0.463. The van der Waals surface area contributed by atoms with Crippen molar-refractivity contribution < 1.29 is 19.1 Å². The van der Waals surface area contributed by atoms with E-state index >= 15 is 4.39 Å². The Morgan fingerprint density at radius 3 is 2.60 bits per heavy atom. The van der Waals surface area contributed by atoms with Crippen LogP contribution in [0.15, 0.2) is 42.2 Å². The molecular weight excluding hydrogens is 535 g/mol. The Labute approximate surface area is 237 Å². The molecule has 1 unspecified atom stereocenters. The maximum atomic E-state index is 16.5. The summed E-state index contributed by atoms with van der Waals surface area (Å²) in [6.07, 6.45) is 2.23. The van der Waals surface area contributed by atoms with Gasteiger partial charge in [0.1, 0.15) is 11.3 Å². The summed E-state index contributed by atoms with van der Waals surface area (Å²) >= 11 is 6.78. The Kier molecular flexibility index (Phi) is 7.80. The highest BCUT2D eigenvalue weighted by Gasteiger charge is 2.30. The molecule has 2 aromatic carbocycles. The molecule has 0 bridgehead atoms. The van der Waals surface area contributed by atoms with Crippen molar-refractivity contribution in [1.82, 2.24) is 19.8 Å². The van der Waals surface area contributed by atoms with E-state index in [-0.39, 0.29) is 52.6 Å². The molecule has 2 heterocycles. The summed E-state index contributed by atoms with van der Waals surface area (Å²) in [4.78, 5) is 38.5. The number of amides is 2. The van der Waals surface area contributed by atoms with Gasteiger partial charge in [-0.1, -0.05) is 35.9 Å². The van der Waals surface area contributed by atoms with Crippen molar-refractivity contribution in [2.24, 2.45) is 0 Å². The summed E-state index contributed by atoms with van der Waals surface area (Å²) in [5.41, 5.74) is 2.10. The predicted octanol–water partition coefficient (Wildman–Crippen LogP) is 4.11. The molecule has 1 fully saturated rings. The lowest BCUT2D eigenvalue weighted by Crippen LogP contribution is -2.48. The van der Waals surface area contributed by atoms with Crippen LogP contribution in [0.3, 0.4) is 0 Å². The molecule has 3 aromatic rings. The van der Waals surface area contributed by atoms with Crippen LogP contribution in [0.4, 0.5) is 16.2 Å². The highest BCUT2D eigenvalue weighted by molar-refractivity contribution is 6.32. The second kappa shape index (κ2) is 11.3. The van der Waals surface area contributed by atoms with Crippen LogP contribution in [-0.2, 0) is 16.0 Å². The van der Waals surface area contributed by atoms with E-state index in [1.54, 1.807) is 38.1 Å². The van der Waals surface area contributed by atoms with E-state index in [0.717, 1.165) is 11.1 Å². The third-order valence-corrected chi connectivity index (χ3v) is 7.79. The third-order valence-electron chi connectivity index (χ3n) is 7.48. The number of aromatic nitrogens is 2. The van der Waals surface area contributed by atoms with Crippen molar-refractivity contribution in [3.8, 4) is 0 Å². The number of nitrogens with zero attached hydrogens (tertiary/aromatic N) is 5. The fraction of sp³-hybridized carbons (Fsp3) is 0.379. The van der Waals surface area contributed by atoms with Crippen LogP contribution in [0.2, 0.25) is 5.02 Å². The van der Waals surface area contributed by atoms with Crippen LogP contribution in [0, 0.1) is 5.82 Å². The number of nitrogens with one attached hydrogen (secondary N) is 1. The van der Waals surface area contributed by atoms with Crippen LogP contribution in [0.1, 0.15) is 36.0 Å². The van der Waals surface area contributed by atoms with E-state index in [2.05, 4.69) is 10.3 Å². The average molecular weight is 567 g/mol. The van der Waals surface area contributed by atoms with Gasteiger partial charge in [-0.05, 0) is 23.3 Å². The van der Waals surface area contributed by atoms with Crippen molar-refractivity contribution in [2.45, 2.75) is 25.7 Å². The number of carbonyl (C=O) groups is 2. The first kappa shape index (κ1) is 27.6. The second-order valence-corrected chi connectivity index (χ2v) is 10.7. The predicted molar refractivity (Wildman–Crippen MR) is 153 cm³/mol.